The lowest BCUT2D eigenvalue weighted by molar-refractivity contribution is 0.101. The van der Waals surface area contributed by atoms with Gasteiger partial charge in [0.2, 0.25) is 0 Å². The van der Waals surface area contributed by atoms with E-state index in [4.69, 9.17) is 5.73 Å². The molecule has 2 atom stereocenters. The Morgan fingerprint density at radius 3 is 2.69 bits per heavy atom. The van der Waals surface area contributed by atoms with Gasteiger partial charge in [0.05, 0.1) is 0 Å². The second kappa shape index (κ2) is 6.97. The van der Waals surface area contributed by atoms with Crippen molar-refractivity contribution in [3.8, 4) is 0 Å². The van der Waals surface area contributed by atoms with Gasteiger partial charge < -0.3 is 15.5 Å². The zero-order valence-corrected chi connectivity index (χ0v) is 11.3. The number of urea groups is 1. The Morgan fingerprint density at radius 2 is 2.19 bits per heavy atom. The highest BCUT2D eigenvalue weighted by molar-refractivity contribution is 5.85. The van der Waals surface area contributed by atoms with Crippen molar-refractivity contribution >= 4 is 18.4 Å². The Balaban J connectivity index is 0.00000225. The highest BCUT2D eigenvalue weighted by atomic mass is 35.5. The molecule has 0 saturated carbocycles. The van der Waals surface area contributed by atoms with Crippen molar-refractivity contribution in [1.82, 2.24) is 9.80 Å². The van der Waals surface area contributed by atoms with Crippen molar-refractivity contribution in [2.24, 2.45) is 11.7 Å². The van der Waals surface area contributed by atoms with Gasteiger partial charge in [0.25, 0.3) is 0 Å². The van der Waals surface area contributed by atoms with Crippen LogP contribution in [0.3, 0.4) is 0 Å². The zero-order valence-electron chi connectivity index (χ0n) is 10.5. The van der Waals surface area contributed by atoms with E-state index in [0.717, 1.165) is 19.5 Å². The molecule has 1 fully saturated rings. The monoisotopic (exact) mass is 249 g/mol. The van der Waals surface area contributed by atoms with Crippen LogP contribution >= 0.6 is 12.4 Å². The van der Waals surface area contributed by atoms with Gasteiger partial charge in [0.15, 0.2) is 0 Å². The average Bonchev–Trinajstić information content (AvgIpc) is 2.26. The summed E-state index contributed by atoms with van der Waals surface area (Å²) < 4.78 is 0. The molecule has 1 aliphatic heterocycles. The van der Waals surface area contributed by atoms with Crippen LogP contribution in [-0.2, 0) is 0 Å². The van der Waals surface area contributed by atoms with E-state index in [1.54, 1.807) is 4.90 Å². The van der Waals surface area contributed by atoms with Gasteiger partial charge in [0, 0.05) is 32.7 Å². The Kier molecular flexibility index (Phi) is 6.76. The molecule has 5 heteroatoms. The second-order valence-corrected chi connectivity index (χ2v) is 4.41. The molecule has 1 saturated heterocycles. The molecule has 4 nitrogen and oxygen atoms in total. The molecule has 16 heavy (non-hydrogen) atoms. The molecule has 2 unspecified atom stereocenters. The summed E-state index contributed by atoms with van der Waals surface area (Å²) in [7, 11) is 1.84. The molecular weight excluding hydrogens is 226 g/mol. The number of nitrogens with two attached hydrogens (primary N) is 1. The molecule has 1 aliphatic rings. The van der Waals surface area contributed by atoms with E-state index in [2.05, 4.69) is 6.92 Å². The van der Waals surface area contributed by atoms with Gasteiger partial charge in [-0.05, 0) is 25.7 Å². The molecule has 0 aliphatic carbocycles. The Hall–Kier alpha value is -0.480. The molecular formula is C11H24ClN3O. The molecule has 1 rings (SSSR count). The van der Waals surface area contributed by atoms with Crippen molar-refractivity contribution in [2.45, 2.75) is 32.7 Å². The van der Waals surface area contributed by atoms with E-state index >= 15 is 0 Å². The quantitative estimate of drug-likeness (QED) is 0.807. The third kappa shape index (κ3) is 3.25. The second-order valence-electron chi connectivity index (χ2n) is 4.41. The fourth-order valence-electron chi connectivity index (χ4n) is 2.20. The number of carbonyl (C=O) groups excluding carboxylic acids is 1. The molecule has 0 aromatic heterocycles. The summed E-state index contributed by atoms with van der Waals surface area (Å²) in [5.74, 6) is 0.526. The molecule has 1 heterocycles. The van der Waals surface area contributed by atoms with Gasteiger partial charge in [0.1, 0.15) is 0 Å². The van der Waals surface area contributed by atoms with Gasteiger partial charge in [-0.15, -0.1) is 12.4 Å². The van der Waals surface area contributed by atoms with E-state index in [1.807, 2.05) is 18.9 Å². The highest BCUT2D eigenvalue weighted by Gasteiger charge is 2.31. The third-order valence-electron chi connectivity index (χ3n) is 3.40. The van der Waals surface area contributed by atoms with E-state index in [0.29, 0.717) is 12.5 Å². The summed E-state index contributed by atoms with van der Waals surface area (Å²) in [6, 6.07) is 0.347. The molecule has 96 valence electrons. The first kappa shape index (κ1) is 15.5. The maximum absolute atomic E-state index is 12.0. The van der Waals surface area contributed by atoms with Crippen LogP contribution in [-0.4, -0.2) is 48.6 Å². The largest absolute Gasteiger partial charge is 0.328 e. The summed E-state index contributed by atoms with van der Waals surface area (Å²) >= 11 is 0. The van der Waals surface area contributed by atoms with E-state index in [9.17, 15) is 4.79 Å². The molecule has 2 amide bonds. The van der Waals surface area contributed by atoms with E-state index in [-0.39, 0.29) is 24.5 Å². The van der Waals surface area contributed by atoms with Gasteiger partial charge in [-0.25, -0.2) is 4.79 Å². The molecule has 0 aromatic carbocycles. The number of carbonyl (C=O) groups is 1. The molecule has 2 N–H and O–H groups in total. The van der Waals surface area contributed by atoms with Crippen molar-refractivity contribution in [1.29, 1.82) is 0 Å². The number of hydrogen-bond donors (Lipinski definition) is 1. The summed E-state index contributed by atoms with van der Waals surface area (Å²) in [6.45, 7) is 6.35. The third-order valence-corrected chi connectivity index (χ3v) is 3.40. The van der Waals surface area contributed by atoms with Crippen molar-refractivity contribution in [3.63, 3.8) is 0 Å². The number of rotatable bonds is 2. The number of halogens is 1. The van der Waals surface area contributed by atoms with Gasteiger partial charge in [-0.3, -0.25) is 0 Å². The molecule has 0 bridgehead atoms. The maximum atomic E-state index is 12.0. The molecule has 0 radical (unpaired) electrons. The number of likely N-dealkylation sites (tertiary alicyclic amines) is 1. The SMILES string of the molecule is CCN(C)C(=O)N1CCCC(C)C1CN.Cl. The van der Waals surface area contributed by atoms with Crippen LogP contribution in [0.1, 0.15) is 26.7 Å². The van der Waals surface area contributed by atoms with Crippen molar-refractivity contribution < 1.29 is 4.79 Å². The molecule has 0 spiro atoms. The van der Waals surface area contributed by atoms with Crippen molar-refractivity contribution in [2.75, 3.05) is 26.7 Å². The van der Waals surface area contributed by atoms with Crippen LogP contribution in [0.15, 0.2) is 0 Å². The number of nitrogens with zero attached hydrogens (tertiary/aromatic N) is 2. The summed E-state index contributed by atoms with van der Waals surface area (Å²) in [5, 5.41) is 0. The fourth-order valence-corrected chi connectivity index (χ4v) is 2.20. The maximum Gasteiger partial charge on any atom is 0.320 e. The van der Waals surface area contributed by atoms with Gasteiger partial charge in [-0.1, -0.05) is 6.92 Å². The summed E-state index contributed by atoms with van der Waals surface area (Å²) in [5.41, 5.74) is 5.75. The van der Waals surface area contributed by atoms with E-state index < -0.39 is 0 Å². The Labute approximate surface area is 105 Å². The minimum atomic E-state index is 0. The lowest BCUT2D eigenvalue weighted by atomic mass is 9.91. The lowest BCUT2D eigenvalue weighted by Gasteiger charge is -2.41. The van der Waals surface area contributed by atoms with Crippen LogP contribution in [0.5, 0.6) is 0 Å². The smallest absolute Gasteiger partial charge is 0.320 e. The van der Waals surface area contributed by atoms with Crippen LogP contribution in [0.4, 0.5) is 4.79 Å². The van der Waals surface area contributed by atoms with Crippen LogP contribution in [0, 0.1) is 5.92 Å². The lowest BCUT2D eigenvalue weighted by Crippen LogP contribution is -2.54. The summed E-state index contributed by atoms with van der Waals surface area (Å²) in [6.07, 6.45) is 2.28. The normalized spacial score (nSPS) is 24.9. The van der Waals surface area contributed by atoms with Gasteiger partial charge >= 0.3 is 6.03 Å². The first-order valence-electron chi connectivity index (χ1n) is 5.83. The van der Waals surface area contributed by atoms with Gasteiger partial charge in [-0.2, -0.15) is 0 Å². The number of hydrogen-bond acceptors (Lipinski definition) is 2. The Morgan fingerprint density at radius 1 is 1.56 bits per heavy atom. The topological polar surface area (TPSA) is 49.6 Å². The number of amides is 2. The summed E-state index contributed by atoms with van der Waals surface area (Å²) in [4.78, 5) is 15.7. The Bertz CT molecular complexity index is 225. The highest BCUT2D eigenvalue weighted by Crippen LogP contribution is 2.23. The predicted molar refractivity (Wildman–Crippen MR) is 68.9 cm³/mol. The fraction of sp³-hybridized carbons (Fsp3) is 0.909. The van der Waals surface area contributed by atoms with Crippen LogP contribution in [0.2, 0.25) is 0 Å². The minimum Gasteiger partial charge on any atom is -0.328 e. The first-order chi connectivity index (χ1) is 7.11. The van der Waals surface area contributed by atoms with Crippen LogP contribution in [0.25, 0.3) is 0 Å². The minimum absolute atomic E-state index is 0. The van der Waals surface area contributed by atoms with E-state index in [1.165, 1.54) is 6.42 Å². The number of piperidine rings is 1. The first-order valence-corrected chi connectivity index (χ1v) is 5.83. The average molecular weight is 250 g/mol. The van der Waals surface area contributed by atoms with Crippen LogP contribution < -0.4 is 5.73 Å². The zero-order chi connectivity index (χ0) is 11.4. The molecule has 0 aromatic rings. The standard InChI is InChI=1S/C11H23N3O.ClH/c1-4-13(3)11(15)14-7-5-6-9(2)10(14)8-12;/h9-10H,4-8,12H2,1-3H3;1H. The van der Waals surface area contributed by atoms with Crippen molar-refractivity contribution in [3.05, 3.63) is 0 Å². The predicted octanol–water partition coefficient (Wildman–Crippen LogP) is 1.54.